The molecule has 1 atom stereocenters. The normalized spacial score (nSPS) is 12.7. The highest BCUT2D eigenvalue weighted by molar-refractivity contribution is 7.86. The van der Waals surface area contributed by atoms with Gasteiger partial charge >= 0.3 is 5.97 Å². The first-order chi connectivity index (χ1) is 21.0. The number of carbonyl (C=O) groups is 1. The van der Waals surface area contributed by atoms with Crippen LogP contribution in [-0.2, 0) is 4.79 Å². The molecule has 1 unspecified atom stereocenters. The summed E-state index contributed by atoms with van der Waals surface area (Å²) >= 11 is 9.44. The summed E-state index contributed by atoms with van der Waals surface area (Å²) in [6, 6.07) is 0. The Hall–Kier alpha value is 0.170. The first kappa shape index (κ1) is 43.2. The first-order valence-electron chi connectivity index (χ1n) is 19.6. The molecule has 1 N–H and O–H groups in total. The van der Waals surface area contributed by atoms with Crippen molar-refractivity contribution in [2.75, 3.05) is 0 Å². The minimum atomic E-state index is -0.814. The average molecular weight is 643 g/mol. The van der Waals surface area contributed by atoms with Gasteiger partial charge < -0.3 is 5.11 Å². The van der Waals surface area contributed by atoms with E-state index in [1.54, 1.807) is 0 Å². The standard InChI is InChI=1S/C39H78O2S2/c1-3-5-7-9-11-13-15-17-19-21-23-25-27-29-31-33-35-39(43,37(42)38(40)41)36-34-32-30-28-26-24-22-20-18-16-14-12-10-8-6-4-2/h37,42-43H,3-36H2,1-2H3,(H,40,41). The lowest BCUT2D eigenvalue weighted by Crippen LogP contribution is -2.39. The molecule has 0 saturated heterocycles. The Kier molecular flexibility index (Phi) is 33.7. The van der Waals surface area contributed by atoms with Crippen molar-refractivity contribution >= 4 is 31.2 Å². The van der Waals surface area contributed by atoms with E-state index in [2.05, 4.69) is 26.5 Å². The largest absolute Gasteiger partial charge is 0.480 e. The van der Waals surface area contributed by atoms with E-state index in [0.29, 0.717) is 0 Å². The smallest absolute Gasteiger partial charge is 0.317 e. The molecule has 0 heterocycles. The predicted molar refractivity (Wildman–Crippen MR) is 200 cm³/mol. The number of carboxylic acid groups (broad SMARTS) is 1. The highest BCUT2D eigenvalue weighted by Crippen LogP contribution is 2.36. The molecule has 0 spiro atoms. The monoisotopic (exact) mass is 643 g/mol. The van der Waals surface area contributed by atoms with E-state index < -0.39 is 16.0 Å². The summed E-state index contributed by atoms with van der Waals surface area (Å²) in [4.78, 5) is 11.8. The second-order valence-electron chi connectivity index (χ2n) is 14.0. The Labute approximate surface area is 282 Å². The fraction of sp³-hybridized carbons (Fsp3) is 0.974. The summed E-state index contributed by atoms with van der Waals surface area (Å²) in [6.07, 6.45) is 45.2. The van der Waals surface area contributed by atoms with Crippen LogP contribution in [0.1, 0.15) is 232 Å². The molecule has 0 amide bonds. The molecule has 0 fully saturated rings. The Morgan fingerprint density at radius 2 is 0.628 bits per heavy atom. The molecule has 0 aliphatic carbocycles. The number of carboxylic acids is 1. The van der Waals surface area contributed by atoms with Crippen molar-refractivity contribution in [1.82, 2.24) is 0 Å². The van der Waals surface area contributed by atoms with Crippen LogP contribution < -0.4 is 0 Å². The SMILES string of the molecule is CCCCCCCCCCCCCCCCCCC(S)(CCCCCCCCCCCCCCCCCC)C(S)C(=O)O. The Morgan fingerprint density at radius 1 is 0.442 bits per heavy atom. The van der Waals surface area contributed by atoms with Crippen LogP contribution >= 0.6 is 25.3 Å². The zero-order valence-electron chi connectivity index (χ0n) is 29.4. The number of thiol groups is 2. The molecule has 0 saturated carbocycles. The van der Waals surface area contributed by atoms with E-state index in [1.807, 2.05) is 0 Å². The molecule has 0 aromatic heterocycles. The van der Waals surface area contributed by atoms with Crippen molar-refractivity contribution in [3.05, 3.63) is 0 Å². The van der Waals surface area contributed by atoms with Gasteiger partial charge in [-0.05, 0) is 12.8 Å². The number of unbranched alkanes of at least 4 members (excludes halogenated alkanes) is 30. The van der Waals surface area contributed by atoms with E-state index in [9.17, 15) is 9.90 Å². The molecule has 0 bridgehead atoms. The zero-order chi connectivity index (χ0) is 31.7. The second-order valence-corrected chi connectivity index (χ2v) is 15.4. The molecular weight excluding hydrogens is 565 g/mol. The van der Waals surface area contributed by atoms with Crippen LogP contribution in [0.2, 0.25) is 0 Å². The van der Waals surface area contributed by atoms with Gasteiger partial charge in [-0.3, -0.25) is 4.79 Å². The van der Waals surface area contributed by atoms with Crippen LogP contribution in [0.4, 0.5) is 0 Å². The van der Waals surface area contributed by atoms with Gasteiger partial charge in [-0.25, -0.2) is 0 Å². The fourth-order valence-electron chi connectivity index (χ4n) is 6.59. The van der Waals surface area contributed by atoms with Gasteiger partial charge in [-0.1, -0.05) is 219 Å². The lowest BCUT2D eigenvalue weighted by molar-refractivity contribution is -0.137. The minimum absolute atomic E-state index is 0.485. The molecule has 258 valence electrons. The quantitative estimate of drug-likeness (QED) is 0.0470. The minimum Gasteiger partial charge on any atom is -0.480 e. The van der Waals surface area contributed by atoms with E-state index in [1.165, 1.54) is 193 Å². The maximum Gasteiger partial charge on any atom is 0.317 e. The highest BCUT2D eigenvalue weighted by atomic mass is 32.1. The Balaban J connectivity index is 3.73. The molecule has 0 rings (SSSR count). The lowest BCUT2D eigenvalue weighted by Gasteiger charge is -2.32. The maximum absolute atomic E-state index is 11.8. The van der Waals surface area contributed by atoms with Gasteiger partial charge in [-0.15, -0.1) is 0 Å². The van der Waals surface area contributed by atoms with Gasteiger partial charge in [0.2, 0.25) is 0 Å². The summed E-state index contributed by atoms with van der Waals surface area (Å²) in [5.41, 5.74) is 0. The summed E-state index contributed by atoms with van der Waals surface area (Å²) in [5, 5.41) is 8.98. The van der Waals surface area contributed by atoms with Crippen LogP contribution in [0.25, 0.3) is 0 Å². The molecule has 0 aromatic carbocycles. The second kappa shape index (κ2) is 33.5. The van der Waals surface area contributed by atoms with Crippen LogP contribution in [-0.4, -0.2) is 21.1 Å². The third kappa shape index (κ3) is 29.3. The zero-order valence-corrected chi connectivity index (χ0v) is 31.2. The molecule has 0 radical (unpaired) electrons. The van der Waals surface area contributed by atoms with Crippen LogP contribution in [0.3, 0.4) is 0 Å². The fourth-order valence-corrected chi connectivity index (χ4v) is 7.27. The summed E-state index contributed by atoms with van der Waals surface area (Å²) in [6.45, 7) is 4.57. The van der Waals surface area contributed by atoms with E-state index in [-0.39, 0.29) is 0 Å². The summed E-state index contributed by atoms with van der Waals surface area (Å²) in [5.74, 6) is -0.814. The van der Waals surface area contributed by atoms with Crippen molar-refractivity contribution in [2.24, 2.45) is 0 Å². The molecule has 2 nitrogen and oxygen atoms in total. The molecule has 0 aliphatic rings. The lowest BCUT2D eigenvalue weighted by atomic mass is 9.89. The van der Waals surface area contributed by atoms with Crippen molar-refractivity contribution in [3.63, 3.8) is 0 Å². The topological polar surface area (TPSA) is 37.3 Å². The van der Waals surface area contributed by atoms with E-state index in [0.717, 1.165) is 25.7 Å². The van der Waals surface area contributed by atoms with Gasteiger partial charge in [0.05, 0.1) is 0 Å². The van der Waals surface area contributed by atoms with Crippen LogP contribution in [0, 0.1) is 0 Å². The van der Waals surface area contributed by atoms with Gasteiger partial charge in [0.25, 0.3) is 0 Å². The Morgan fingerprint density at radius 3 is 0.814 bits per heavy atom. The first-order valence-corrected chi connectivity index (χ1v) is 20.6. The van der Waals surface area contributed by atoms with Gasteiger partial charge in [0.15, 0.2) is 0 Å². The van der Waals surface area contributed by atoms with Gasteiger partial charge in [0.1, 0.15) is 5.25 Å². The van der Waals surface area contributed by atoms with E-state index in [4.69, 9.17) is 12.6 Å². The van der Waals surface area contributed by atoms with Crippen molar-refractivity contribution in [3.8, 4) is 0 Å². The number of hydrogen-bond acceptors (Lipinski definition) is 3. The average Bonchev–Trinajstić information content (AvgIpc) is 3.00. The summed E-state index contributed by atoms with van der Waals surface area (Å²) in [7, 11) is 0. The summed E-state index contributed by atoms with van der Waals surface area (Å²) < 4.78 is -0.485. The number of hydrogen-bond donors (Lipinski definition) is 3. The Bertz CT molecular complexity index is 531. The number of aliphatic carboxylic acids is 1. The van der Waals surface area contributed by atoms with Gasteiger partial charge in [0, 0.05) is 4.75 Å². The third-order valence-electron chi connectivity index (χ3n) is 9.67. The third-order valence-corrected chi connectivity index (χ3v) is 11.3. The van der Waals surface area contributed by atoms with Crippen molar-refractivity contribution in [1.29, 1.82) is 0 Å². The van der Waals surface area contributed by atoms with Crippen molar-refractivity contribution < 1.29 is 9.90 Å². The van der Waals surface area contributed by atoms with Gasteiger partial charge in [-0.2, -0.15) is 25.3 Å². The number of rotatable bonds is 36. The maximum atomic E-state index is 11.8. The van der Waals surface area contributed by atoms with E-state index >= 15 is 0 Å². The van der Waals surface area contributed by atoms with Crippen LogP contribution in [0.15, 0.2) is 0 Å². The molecule has 0 aliphatic heterocycles. The molecular formula is C39H78O2S2. The highest BCUT2D eigenvalue weighted by Gasteiger charge is 2.36. The van der Waals surface area contributed by atoms with Crippen LogP contribution in [0.5, 0.6) is 0 Å². The molecule has 0 aromatic rings. The molecule has 4 heteroatoms. The predicted octanol–water partition coefficient (Wildman–Crippen LogP) is 14.3. The van der Waals surface area contributed by atoms with Crippen molar-refractivity contribution in [2.45, 2.75) is 242 Å². The molecule has 43 heavy (non-hydrogen) atoms.